The van der Waals surface area contributed by atoms with Crippen LogP contribution in [0, 0.1) is 6.92 Å². The third-order valence-corrected chi connectivity index (χ3v) is 3.35. The molecule has 2 rings (SSSR count). The first-order chi connectivity index (χ1) is 9.37. The van der Waals surface area contributed by atoms with Crippen LogP contribution in [0.3, 0.4) is 0 Å². The summed E-state index contributed by atoms with van der Waals surface area (Å²) in [5, 5.41) is 0. The van der Waals surface area contributed by atoms with Gasteiger partial charge in [-0.25, -0.2) is 4.79 Å². The van der Waals surface area contributed by atoms with Crippen molar-refractivity contribution in [3.8, 4) is 0 Å². The van der Waals surface area contributed by atoms with Crippen molar-refractivity contribution in [3.63, 3.8) is 0 Å². The quantitative estimate of drug-likeness (QED) is 0.773. The van der Waals surface area contributed by atoms with Crippen LogP contribution >= 0.6 is 0 Å². The van der Waals surface area contributed by atoms with E-state index in [9.17, 15) is 4.79 Å². The number of hydrogen-bond acceptors (Lipinski definition) is 2. The van der Waals surface area contributed by atoms with Crippen molar-refractivity contribution in [1.29, 1.82) is 0 Å². The van der Waals surface area contributed by atoms with E-state index in [1.54, 1.807) is 4.90 Å². The summed E-state index contributed by atoms with van der Waals surface area (Å²) >= 11 is 0. The topological polar surface area (TPSA) is 29.5 Å². The van der Waals surface area contributed by atoms with Crippen LogP contribution in [0.4, 0.5) is 4.79 Å². The molecule has 20 heavy (non-hydrogen) atoms. The molecule has 1 aromatic carbocycles. The van der Waals surface area contributed by atoms with Gasteiger partial charge in [0.2, 0.25) is 0 Å². The molecule has 3 nitrogen and oxygen atoms in total. The highest BCUT2D eigenvalue weighted by molar-refractivity contribution is 5.73. The van der Waals surface area contributed by atoms with Gasteiger partial charge < -0.3 is 9.64 Å². The van der Waals surface area contributed by atoms with Gasteiger partial charge in [0.15, 0.2) is 0 Å². The van der Waals surface area contributed by atoms with Crippen LogP contribution in [0.1, 0.15) is 38.3 Å². The van der Waals surface area contributed by atoms with Crippen LogP contribution in [-0.2, 0) is 4.74 Å². The lowest BCUT2D eigenvalue weighted by Gasteiger charge is -2.30. The second-order valence-electron chi connectivity index (χ2n) is 6.22. The maximum Gasteiger partial charge on any atom is 0.410 e. The van der Waals surface area contributed by atoms with Crippen molar-refractivity contribution in [2.75, 3.05) is 13.1 Å². The van der Waals surface area contributed by atoms with Crippen molar-refractivity contribution >= 4 is 11.7 Å². The van der Waals surface area contributed by atoms with E-state index in [4.69, 9.17) is 4.74 Å². The molecule has 0 fully saturated rings. The molecule has 0 atom stereocenters. The van der Waals surface area contributed by atoms with E-state index >= 15 is 0 Å². The summed E-state index contributed by atoms with van der Waals surface area (Å²) < 4.78 is 5.40. The second kappa shape index (κ2) is 5.70. The Morgan fingerprint density at radius 3 is 2.50 bits per heavy atom. The van der Waals surface area contributed by atoms with Crippen LogP contribution in [0.25, 0.3) is 5.57 Å². The van der Waals surface area contributed by atoms with E-state index < -0.39 is 5.60 Å². The molecule has 0 aliphatic carbocycles. The van der Waals surface area contributed by atoms with E-state index in [-0.39, 0.29) is 6.09 Å². The average Bonchev–Trinajstić information content (AvgIpc) is 2.37. The molecule has 0 bridgehead atoms. The average molecular weight is 273 g/mol. The summed E-state index contributed by atoms with van der Waals surface area (Å²) in [5.41, 5.74) is 3.46. The van der Waals surface area contributed by atoms with E-state index in [1.807, 2.05) is 20.8 Å². The summed E-state index contributed by atoms with van der Waals surface area (Å²) in [5.74, 6) is 0. The molecule has 1 aliphatic heterocycles. The number of carbonyl (C=O) groups excluding carboxylic acids is 1. The zero-order valence-electron chi connectivity index (χ0n) is 12.8. The Labute approximate surface area is 121 Å². The maximum absolute atomic E-state index is 12.0. The van der Waals surface area contributed by atoms with Crippen LogP contribution in [-0.4, -0.2) is 29.7 Å². The number of rotatable bonds is 1. The van der Waals surface area contributed by atoms with Gasteiger partial charge in [-0.2, -0.15) is 0 Å². The van der Waals surface area contributed by atoms with Gasteiger partial charge in [-0.05, 0) is 50.8 Å². The van der Waals surface area contributed by atoms with E-state index in [0.717, 1.165) is 13.0 Å². The zero-order valence-corrected chi connectivity index (χ0v) is 12.8. The highest BCUT2D eigenvalue weighted by Gasteiger charge is 2.23. The lowest BCUT2D eigenvalue weighted by Crippen LogP contribution is -2.39. The van der Waals surface area contributed by atoms with Crippen LogP contribution in [0.15, 0.2) is 30.3 Å². The van der Waals surface area contributed by atoms with Gasteiger partial charge in [0, 0.05) is 13.1 Å². The number of carbonyl (C=O) groups is 1. The summed E-state index contributed by atoms with van der Waals surface area (Å²) in [4.78, 5) is 13.8. The van der Waals surface area contributed by atoms with Crippen molar-refractivity contribution in [3.05, 3.63) is 41.5 Å². The minimum absolute atomic E-state index is 0.224. The second-order valence-corrected chi connectivity index (χ2v) is 6.22. The van der Waals surface area contributed by atoms with Gasteiger partial charge in [-0.1, -0.05) is 30.3 Å². The third kappa shape index (κ3) is 3.62. The minimum atomic E-state index is -0.433. The Morgan fingerprint density at radius 1 is 1.25 bits per heavy atom. The van der Waals surface area contributed by atoms with Crippen LogP contribution in [0.5, 0.6) is 0 Å². The predicted molar refractivity (Wildman–Crippen MR) is 81.6 cm³/mol. The highest BCUT2D eigenvalue weighted by atomic mass is 16.6. The zero-order chi connectivity index (χ0) is 14.8. The Morgan fingerprint density at radius 2 is 1.95 bits per heavy atom. The first-order valence-electron chi connectivity index (χ1n) is 7.10. The number of benzene rings is 1. The molecule has 0 saturated carbocycles. The number of hydrogen-bond donors (Lipinski definition) is 0. The molecule has 0 unspecified atom stereocenters. The molecule has 1 aliphatic rings. The molecule has 1 aromatic rings. The minimum Gasteiger partial charge on any atom is -0.444 e. The Hall–Kier alpha value is -1.77. The van der Waals surface area contributed by atoms with Crippen molar-refractivity contribution in [2.24, 2.45) is 0 Å². The molecular formula is C17H23NO2. The number of nitrogens with zero attached hydrogens (tertiary/aromatic N) is 1. The molecule has 0 spiro atoms. The SMILES string of the molecule is Cc1ccccc1C1=CCN(C(=O)OC(C)(C)C)CC1. The van der Waals surface area contributed by atoms with Crippen molar-refractivity contribution in [1.82, 2.24) is 4.90 Å². The van der Waals surface area contributed by atoms with Crippen molar-refractivity contribution < 1.29 is 9.53 Å². The third-order valence-electron chi connectivity index (χ3n) is 3.35. The molecule has 3 heteroatoms. The lowest BCUT2D eigenvalue weighted by molar-refractivity contribution is 0.0270. The summed E-state index contributed by atoms with van der Waals surface area (Å²) in [6.07, 6.45) is 2.79. The van der Waals surface area contributed by atoms with Gasteiger partial charge in [0.25, 0.3) is 0 Å². The Bertz CT molecular complexity index is 526. The van der Waals surface area contributed by atoms with Crippen LogP contribution in [0.2, 0.25) is 0 Å². The van der Waals surface area contributed by atoms with Gasteiger partial charge >= 0.3 is 6.09 Å². The number of amides is 1. The molecule has 0 aromatic heterocycles. The smallest absolute Gasteiger partial charge is 0.410 e. The van der Waals surface area contributed by atoms with E-state index in [0.29, 0.717) is 6.54 Å². The molecule has 0 radical (unpaired) electrons. The molecular weight excluding hydrogens is 250 g/mol. The molecule has 0 saturated heterocycles. The molecule has 1 amide bonds. The molecule has 0 N–H and O–H groups in total. The Kier molecular flexibility index (Phi) is 4.17. The van der Waals surface area contributed by atoms with Crippen LogP contribution < -0.4 is 0 Å². The van der Waals surface area contributed by atoms with Gasteiger partial charge in [-0.3, -0.25) is 0 Å². The fourth-order valence-electron chi connectivity index (χ4n) is 2.34. The maximum atomic E-state index is 12.0. The van der Waals surface area contributed by atoms with Gasteiger partial charge in [-0.15, -0.1) is 0 Å². The van der Waals surface area contributed by atoms with E-state index in [1.165, 1.54) is 16.7 Å². The standard InChI is InChI=1S/C17H23NO2/c1-13-7-5-6-8-15(13)14-9-11-18(12-10-14)16(19)20-17(2,3)4/h5-9H,10-12H2,1-4H3. The lowest BCUT2D eigenvalue weighted by atomic mass is 9.96. The fraction of sp³-hybridized carbons (Fsp3) is 0.471. The van der Waals surface area contributed by atoms with Gasteiger partial charge in [0.1, 0.15) is 5.60 Å². The van der Waals surface area contributed by atoms with Crippen molar-refractivity contribution in [2.45, 2.75) is 39.7 Å². The largest absolute Gasteiger partial charge is 0.444 e. The summed E-state index contributed by atoms with van der Waals surface area (Å²) in [6.45, 7) is 9.14. The highest BCUT2D eigenvalue weighted by Crippen LogP contribution is 2.25. The number of aryl methyl sites for hydroxylation is 1. The predicted octanol–water partition coefficient (Wildman–Crippen LogP) is 4.02. The van der Waals surface area contributed by atoms with E-state index in [2.05, 4.69) is 37.3 Å². The summed E-state index contributed by atoms with van der Waals surface area (Å²) in [7, 11) is 0. The fourth-order valence-corrected chi connectivity index (χ4v) is 2.34. The molecule has 108 valence electrons. The first-order valence-corrected chi connectivity index (χ1v) is 7.10. The summed E-state index contributed by atoms with van der Waals surface area (Å²) in [6, 6.07) is 8.37. The monoisotopic (exact) mass is 273 g/mol. The van der Waals surface area contributed by atoms with Gasteiger partial charge in [0.05, 0.1) is 0 Å². The first kappa shape index (κ1) is 14.6. The normalized spacial score (nSPS) is 15.8. The number of ether oxygens (including phenoxy) is 1. The molecule has 1 heterocycles. The Balaban J connectivity index is 2.04.